The van der Waals surface area contributed by atoms with Gasteiger partial charge in [-0.05, 0) is 51.4 Å². The highest BCUT2D eigenvalue weighted by Gasteiger charge is 2.26. The van der Waals surface area contributed by atoms with Gasteiger partial charge in [0.1, 0.15) is 6.04 Å². The predicted molar refractivity (Wildman–Crippen MR) is 109 cm³/mol. The number of aliphatic carboxylic acids is 1. The van der Waals surface area contributed by atoms with Gasteiger partial charge in [-0.15, -0.1) is 12.4 Å². The number of hydrogen-bond donors (Lipinski definition) is 2. The van der Waals surface area contributed by atoms with Gasteiger partial charge in [-0.25, -0.2) is 8.42 Å². The SMILES string of the molecule is Cc1ccc(S(=O)(=O)N2CCCCC2)cc1NC(=O)CN(C)C(C)C(=O)O.Cl. The molecule has 1 saturated heterocycles. The van der Waals surface area contributed by atoms with Crippen molar-refractivity contribution in [2.75, 3.05) is 32.0 Å². The second-order valence-corrected chi connectivity index (χ2v) is 8.86. The van der Waals surface area contributed by atoms with E-state index in [1.807, 2.05) is 0 Å². The van der Waals surface area contributed by atoms with E-state index in [9.17, 15) is 18.0 Å². The molecule has 2 N–H and O–H groups in total. The normalized spacial score (nSPS) is 16.3. The van der Waals surface area contributed by atoms with Crippen LogP contribution in [0.3, 0.4) is 0 Å². The minimum absolute atomic E-state index is 0. The molecule has 8 nitrogen and oxygen atoms in total. The van der Waals surface area contributed by atoms with Crippen LogP contribution < -0.4 is 5.32 Å². The highest BCUT2D eigenvalue weighted by molar-refractivity contribution is 7.89. The van der Waals surface area contributed by atoms with Gasteiger partial charge in [0.15, 0.2) is 0 Å². The summed E-state index contributed by atoms with van der Waals surface area (Å²) in [4.78, 5) is 24.8. The third-order valence-corrected chi connectivity index (χ3v) is 6.74. The van der Waals surface area contributed by atoms with Crippen LogP contribution in [0.2, 0.25) is 0 Å². The van der Waals surface area contributed by atoms with E-state index in [0.717, 1.165) is 24.8 Å². The van der Waals surface area contributed by atoms with E-state index in [-0.39, 0.29) is 23.8 Å². The summed E-state index contributed by atoms with van der Waals surface area (Å²) >= 11 is 0. The molecule has 158 valence electrons. The Bertz CT molecular complexity index is 809. The van der Waals surface area contributed by atoms with Gasteiger partial charge >= 0.3 is 5.97 Å². The fourth-order valence-corrected chi connectivity index (χ4v) is 4.44. The fourth-order valence-electron chi connectivity index (χ4n) is 2.89. The summed E-state index contributed by atoms with van der Waals surface area (Å²) in [5.74, 6) is -1.42. The predicted octanol–water partition coefficient (Wildman–Crippen LogP) is 1.93. The first-order chi connectivity index (χ1) is 12.6. The van der Waals surface area contributed by atoms with Crippen molar-refractivity contribution in [1.82, 2.24) is 9.21 Å². The van der Waals surface area contributed by atoms with Crippen LogP contribution in [0.1, 0.15) is 31.7 Å². The molecule has 1 aromatic carbocycles. The van der Waals surface area contributed by atoms with Crippen LogP contribution in [0.5, 0.6) is 0 Å². The summed E-state index contributed by atoms with van der Waals surface area (Å²) in [6, 6.07) is 3.88. The molecule has 0 aromatic heterocycles. The highest BCUT2D eigenvalue weighted by atomic mass is 35.5. The van der Waals surface area contributed by atoms with Gasteiger partial charge in [0.2, 0.25) is 15.9 Å². The Morgan fingerprint density at radius 1 is 1.25 bits per heavy atom. The van der Waals surface area contributed by atoms with E-state index in [0.29, 0.717) is 18.8 Å². The first-order valence-corrected chi connectivity index (χ1v) is 10.4. The summed E-state index contributed by atoms with van der Waals surface area (Å²) in [6.07, 6.45) is 2.73. The molecule has 0 saturated carbocycles. The number of carbonyl (C=O) groups excluding carboxylic acids is 1. The largest absolute Gasteiger partial charge is 0.480 e. The number of hydrogen-bond acceptors (Lipinski definition) is 5. The quantitative estimate of drug-likeness (QED) is 0.680. The number of sulfonamides is 1. The van der Waals surface area contributed by atoms with Crippen molar-refractivity contribution in [2.45, 2.75) is 44.0 Å². The molecule has 1 aliphatic heterocycles. The Hall–Kier alpha value is -1.68. The molecule has 1 amide bonds. The molecule has 1 heterocycles. The van der Waals surface area contributed by atoms with Gasteiger partial charge < -0.3 is 10.4 Å². The van der Waals surface area contributed by atoms with Gasteiger partial charge in [0, 0.05) is 18.8 Å². The van der Waals surface area contributed by atoms with Crippen molar-refractivity contribution in [1.29, 1.82) is 0 Å². The Morgan fingerprint density at radius 3 is 2.43 bits per heavy atom. The van der Waals surface area contributed by atoms with Crippen molar-refractivity contribution >= 4 is 40.0 Å². The number of piperidine rings is 1. The Morgan fingerprint density at radius 2 is 1.86 bits per heavy atom. The van der Waals surface area contributed by atoms with Crippen LogP contribution in [-0.2, 0) is 19.6 Å². The zero-order valence-corrected chi connectivity index (χ0v) is 18.0. The van der Waals surface area contributed by atoms with Crippen LogP contribution in [0, 0.1) is 6.92 Å². The number of likely N-dealkylation sites (N-methyl/N-ethyl adjacent to an activating group) is 1. The minimum atomic E-state index is -3.59. The second kappa shape index (κ2) is 10.2. The zero-order chi connectivity index (χ0) is 20.2. The molecule has 0 bridgehead atoms. The summed E-state index contributed by atoms with van der Waals surface area (Å²) in [6.45, 7) is 4.17. The Labute approximate surface area is 172 Å². The number of rotatable bonds is 7. The number of carboxylic acids is 1. The summed E-state index contributed by atoms with van der Waals surface area (Å²) in [5, 5.41) is 11.7. The first-order valence-electron chi connectivity index (χ1n) is 8.96. The molecule has 1 aromatic rings. The van der Waals surface area contributed by atoms with Crippen molar-refractivity contribution in [3.05, 3.63) is 23.8 Å². The third-order valence-electron chi connectivity index (χ3n) is 4.85. The monoisotopic (exact) mass is 433 g/mol. The summed E-state index contributed by atoms with van der Waals surface area (Å²) in [7, 11) is -2.05. The minimum Gasteiger partial charge on any atom is -0.480 e. The zero-order valence-electron chi connectivity index (χ0n) is 16.3. The molecule has 1 aliphatic rings. The molecular formula is C18H28ClN3O5S. The highest BCUT2D eigenvalue weighted by Crippen LogP contribution is 2.25. The molecule has 10 heteroatoms. The van der Waals surface area contributed by atoms with Crippen LogP contribution in [0.15, 0.2) is 23.1 Å². The molecule has 0 spiro atoms. The molecular weight excluding hydrogens is 406 g/mol. The Balaban J connectivity index is 0.00000392. The van der Waals surface area contributed by atoms with E-state index >= 15 is 0 Å². The van der Waals surface area contributed by atoms with E-state index in [2.05, 4.69) is 5.32 Å². The van der Waals surface area contributed by atoms with Crippen LogP contribution in [0.25, 0.3) is 0 Å². The van der Waals surface area contributed by atoms with E-state index in [1.54, 1.807) is 26.1 Å². The molecule has 28 heavy (non-hydrogen) atoms. The molecule has 1 unspecified atom stereocenters. The number of aryl methyl sites for hydroxylation is 1. The maximum absolute atomic E-state index is 12.8. The number of nitrogens with one attached hydrogen (secondary N) is 1. The van der Waals surface area contributed by atoms with Crippen LogP contribution >= 0.6 is 12.4 Å². The lowest BCUT2D eigenvalue weighted by atomic mass is 10.2. The lowest BCUT2D eigenvalue weighted by Gasteiger charge is -2.26. The smallest absolute Gasteiger partial charge is 0.320 e. The molecule has 2 rings (SSSR count). The topological polar surface area (TPSA) is 107 Å². The number of anilines is 1. The maximum Gasteiger partial charge on any atom is 0.320 e. The summed E-state index contributed by atoms with van der Waals surface area (Å²) < 4.78 is 27.1. The van der Waals surface area contributed by atoms with Crippen molar-refractivity contribution in [3.63, 3.8) is 0 Å². The van der Waals surface area contributed by atoms with E-state index in [4.69, 9.17) is 5.11 Å². The lowest BCUT2D eigenvalue weighted by Crippen LogP contribution is -2.40. The van der Waals surface area contributed by atoms with Gasteiger partial charge in [-0.1, -0.05) is 12.5 Å². The number of carboxylic acid groups (broad SMARTS) is 1. The van der Waals surface area contributed by atoms with Crippen molar-refractivity contribution in [2.24, 2.45) is 0 Å². The van der Waals surface area contributed by atoms with Crippen molar-refractivity contribution < 1.29 is 23.1 Å². The number of nitrogens with zero attached hydrogens (tertiary/aromatic N) is 2. The number of carbonyl (C=O) groups is 2. The standard InChI is InChI=1S/C18H27N3O5S.ClH/c1-13-7-8-15(27(25,26)21-9-5-4-6-10-21)11-16(13)19-17(22)12-20(3)14(2)18(23)24;/h7-8,11,14H,4-6,9-10,12H2,1-3H3,(H,19,22)(H,23,24);1H. The number of benzene rings is 1. The lowest BCUT2D eigenvalue weighted by molar-refractivity contribution is -0.142. The van der Waals surface area contributed by atoms with Crippen LogP contribution in [0.4, 0.5) is 5.69 Å². The fraction of sp³-hybridized carbons (Fsp3) is 0.556. The average molecular weight is 434 g/mol. The van der Waals surface area contributed by atoms with E-state index < -0.39 is 27.9 Å². The third kappa shape index (κ3) is 5.91. The van der Waals surface area contributed by atoms with Gasteiger partial charge in [0.05, 0.1) is 11.4 Å². The molecule has 1 atom stereocenters. The van der Waals surface area contributed by atoms with E-state index in [1.165, 1.54) is 22.2 Å². The van der Waals surface area contributed by atoms with Crippen LogP contribution in [-0.4, -0.2) is 67.3 Å². The molecule has 1 fully saturated rings. The molecule has 0 aliphatic carbocycles. The second-order valence-electron chi connectivity index (χ2n) is 6.92. The number of amides is 1. The van der Waals surface area contributed by atoms with Gasteiger partial charge in [0.25, 0.3) is 0 Å². The summed E-state index contributed by atoms with van der Waals surface area (Å²) in [5.41, 5.74) is 1.14. The Kier molecular flexibility index (Phi) is 8.87. The average Bonchev–Trinajstić information content (AvgIpc) is 2.63. The first kappa shape index (κ1) is 24.4. The van der Waals surface area contributed by atoms with Gasteiger partial charge in [-0.3, -0.25) is 14.5 Å². The van der Waals surface area contributed by atoms with Crippen molar-refractivity contribution in [3.8, 4) is 0 Å². The maximum atomic E-state index is 12.8. The number of halogens is 1. The van der Waals surface area contributed by atoms with Gasteiger partial charge in [-0.2, -0.15) is 4.31 Å². The molecule has 0 radical (unpaired) electrons.